The quantitative estimate of drug-likeness (QED) is 0.856. The first-order valence-electron chi connectivity index (χ1n) is 8.22. The van der Waals surface area contributed by atoms with Gasteiger partial charge >= 0.3 is 0 Å². The van der Waals surface area contributed by atoms with Crippen LogP contribution in [-0.2, 0) is 5.75 Å². The van der Waals surface area contributed by atoms with Crippen molar-refractivity contribution in [2.24, 2.45) is 11.8 Å². The van der Waals surface area contributed by atoms with Gasteiger partial charge in [-0.25, -0.2) is 0 Å². The largest absolute Gasteiger partial charge is 0.309 e. The van der Waals surface area contributed by atoms with E-state index in [0.29, 0.717) is 6.04 Å². The molecule has 1 nitrogen and oxygen atoms in total. The van der Waals surface area contributed by atoms with Crippen LogP contribution in [0, 0.1) is 11.8 Å². The van der Waals surface area contributed by atoms with Crippen LogP contribution in [0.4, 0.5) is 0 Å². The summed E-state index contributed by atoms with van der Waals surface area (Å²) in [5.74, 6) is 4.37. The van der Waals surface area contributed by atoms with Gasteiger partial charge in [0.1, 0.15) is 0 Å². The summed E-state index contributed by atoms with van der Waals surface area (Å²) in [6.45, 7) is 3.60. The average molecular weight is 289 g/mol. The SMILES string of the molecule is CC1CCC(CCNC2CSCc3ccccc32)CC1. The molecule has 0 amide bonds. The number of fused-ring (bicyclic) bond motifs is 1. The zero-order chi connectivity index (χ0) is 13.8. The summed E-state index contributed by atoms with van der Waals surface area (Å²) < 4.78 is 0. The van der Waals surface area contributed by atoms with Gasteiger partial charge in [-0.2, -0.15) is 11.8 Å². The Hall–Kier alpha value is -0.470. The van der Waals surface area contributed by atoms with Crippen LogP contribution in [0.5, 0.6) is 0 Å². The van der Waals surface area contributed by atoms with Crippen molar-refractivity contribution in [2.75, 3.05) is 12.3 Å². The molecule has 0 radical (unpaired) electrons. The lowest BCUT2D eigenvalue weighted by Gasteiger charge is -2.29. The van der Waals surface area contributed by atoms with Crippen LogP contribution in [-0.4, -0.2) is 12.3 Å². The first-order chi connectivity index (χ1) is 9.83. The van der Waals surface area contributed by atoms with Crippen molar-refractivity contribution in [3.8, 4) is 0 Å². The van der Waals surface area contributed by atoms with Crippen molar-refractivity contribution >= 4 is 11.8 Å². The maximum Gasteiger partial charge on any atom is 0.0415 e. The molecule has 1 heterocycles. The summed E-state index contributed by atoms with van der Waals surface area (Å²) in [5, 5.41) is 3.82. The Balaban J connectivity index is 1.47. The predicted octanol–water partition coefficient (Wildman–Crippen LogP) is 4.78. The Morgan fingerprint density at radius 2 is 1.95 bits per heavy atom. The van der Waals surface area contributed by atoms with Crippen LogP contribution < -0.4 is 5.32 Å². The third-order valence-electron chi connectivity index (χ3n) is 5.05. The molecule has 1 aliphatic carbocycles. The van der Waals surface area contributed by atoms with Crippen molar-refractivity contribution in [1.29, 1.82) is 0 Å². The number of hydrogen-bond donors (Lipinski definition) is 1. The lowest BCUT2D eigenvalue weighted by Crippen LogP contribution is -2.29. The minimum Gasteiger partial charge on any atom is -0.309 e. The summed E-state index contributed by atoms with van der Waals surface area (Å²) >= 11 is 2.07. The number of rotatable bonds is 4. The maximum absolute atomic E-state index is 3.82. The van der Waals surface area contributed by atoms with Crippen LogP contribution in [0.2, 0.25) is 0 Å². The van der Waals surface area contributed by atoms with E-state index in [9.17, 15) is 0 Å². The van der Waals surface area contributed by atoms with Crippen LogP contribution in [0.25, 0.3) is 0 Å². The van der Waals surface area contributed by atoms with Gasteiger partial charge in [-0.15, -0.1) is 0 Å². The van der Waals surface area contributed by atoms with E-state index >= 15 is 0 Å². The second-order valence-electron chi connectivity index (χ2n) is 6.64. The molecule has 1 N–H and O–H groups in total. The number of thioether (sulfide) groups is 1. The number of nitrogens with one attached hydrogen (secondary N) is 1. The summed E-state index contributed by atoms with van der Waals surface area (Å²) in [5.41, 5.74) is 3.08. The van der Waals surface area contributed by atoms with Crippen LogP contribution >= 0.6 is 11.8 Å². The summed E-state index contributed by atoms with van der Waals surface area (Å²) in [7, 11) is 0. The van der Waals surface area contributed by atoms with Gasteiger partial charge in [-0.05, 0) is 35.9 Å². The molecular formula is C18H27NS. The van der Waals surface area contributed by atoms with Gasteiger partial charge in [0.05, 0.1) is 0 Å². The lowest BCUT2D eigenvalue weighted by molar-refractivity contribution is 0.273. The predicted molar refractivity (Wildman–Crippen MR) is 89.1 cm³/mol. The molecule has 110 valence electrons. The molecule has 2 aliphatic rings. The Labute approximate surface area is 127 Å². The van der Waals surface area contributed by atoms with Gasteiger partial charge in [-0.3, -0.25) is 0 Å². The molecule has 1 aliphatic heterocycles. The van der Waals surface area contributed by atoms with Crippen molar-refractivity contribution in [1.82, 2.24) is 5.32 Å². The van der Waals surface area contributed by atoms with E-state index in [1.54, 1.807) is 5.56 Å². The van der Waals surface area contributed by atoms with E-state index in [1.807, 2.05) is 0 Å². The fourth-order valence-corrected chi connectivity index (χ4v) is 4.76. The van der Waals surface area contributed by atoms with Gasteiger partial charge in [0.25, 0.3) is 0 Å². The van der Waals surface area contributed by atoms with Gasteiger partial charge in [0.15, 0.2) is 0 Å². The van der Waals surface area contributed by atoms with E-state index in [4.69, 9.17) is 0 Å². The third-order valence-corrected chi connectivity index (χ3v) is 6.14. The van der Waals surface area contributed by atoms with Crippen molar-refractivity contribution in [3.05, 3.63) is 35.4 Å². The Kier molecular flexibility index (Phi) is 5.06. The molecule has 0 aromatic heterocycles. The molecule has 1 atom stereocenters. The fraction of sp³-hybridized carbons (Fsp3) is 0.667. The highest BCUT2D eigenvalue weighted by atomic mass is 32.2. The molecule has 1 unspecified atom stereocenters. The average Bonchev–Trinajstić information content (AvgIpc) is 2.49. The molecule has 3 rings (SSSR count). The van der Waals surface area contributed by atoms with Crippen LogP contribution in [0.3, 0.4) is 0 Å². The number of hydrogen-bond acceptors (Lipinski definition) is 2. The van der Waals surface area contributed by atoms with E-state index in [-0.39, 0.29) is 0 Å². The minimum atomic E-state index is 0.576. The molecule has 1 fully saturated rings. The first kappa shape index (κ1) is 14.5. The lowest BCUT2D eigenvalue weighted by atomic mass is 9.81. The van der Waals surface area contributed by atoms with E-state index < -0.39 is 0 Å². The topological polar surface area (TPSA) is 12.0 Å². The van der Waals surface area contributed by atoms with E-state index in [2.05, 4.69) is 48.3 Å². The van der Waals surface area contributed by atoms with Crippen molar-refractivity contribution < 1.29 is 0 Å². The molecule has 2 heteroatoms. The molecular weight excluding hydrogens is 262 g/mol. The fourth-order valence-electron chi connectivity index (χ4n) is 3.63. The van der Waals surface area contributed by atoms with Crippen molar-refractivity contribution in [3.63, 3.8) is 0 Å². The van der Waals surface area contributed by atoms with Gasteiger partial charge in [0.2, 0.25) is 0 Å². The molecule has 0 bridgehead atoms. The summed E-state index contributed by atoms with van der Waals surface area (Å²) in [6, 6.07) is 9.54. The highest BCUT2D eigenvalue weighted by molar-refractivity contribution is 7.98. The highest BCUT2D eigenvalue weighted by Gasteiger charge is 2.21. The Bertz CT molecular complexity index is 423. The molecule has 1 saturated carbocycles. The van der Waals surface area contributed by atoms with Gasteiger partial charge < -0.3 is 5.32 Å². The maximum atomic E-state index is 3.82. The Morgan fingerprint density at radius 3 is 2.80 bits per heavy atom. The monoisotopic (exact) mass is 289 g/mol. The summed E-state index contributed by atoms with van der Waals surface area (Å²) in [6.07, 6.45) is 7.19. The normalized spacial score (nSPS) is 29.9. The zero-order valence-electron chi connectivity index (χ0n) is 12.6. The first-order valence-corrected chi connectivity index (χ1v) is 9.37. The number of benzene rings is 1. The molecule has 20 heavy (non-hydrogen) atoms. The third kappa shape index (κ3) is 3.59. The molecule has 0 spiro atoms. The van der Waals surface area contributed by atoms with Gasteiger partial charge in [-0.1, -0.05) is 56.9 Å². The summed E-state index contributed by atoms with van der Waals surface area (Å²) in [4.78, 5) is 0. The smallest absolute Gasteiger partial charge is 0.0415 e. The molecule has 1 aromatic rings. The standard InChI is InChI=1S/C18H27NS/c1-14-6-8-15(9-7-14)10-11-19-18-13-20-12-16-4-2-3-5-17(16)18/h2-5,14-15,18-19H,6-13H2,1H3. The van der Waals surface area contributed by atoms with Crippen LogP contribution in [0.15, 0.2) is 24.3 Å². The second-order valence-corrected chi connectivity index (χ2v) is 7.67. The molecule has 0 saturated heterocycles. The van der Waals surface area contributed by atoms with E-state index in [0.717, 1.165) is 11.8 Å². The minimum absolute atomic E-state index is 0.576. The van der Waals surface area contributed by atoms with Crippen molar-refractivity contribution in [2.45, 2.75) is 50.8 Å². The van der Waals surface area contributed by atoms with E-state index in [1.165, 1.54) is 55.7 Å². The zero-order valence-corrected chi connectivity index (χ0v) is 13.4. The Morgan fingerprint density at radius 1 is 1.15 bits per heavy atom. The molecule has 1 aromatic carbocycles. The second kappa shape index (κ2) is 7.00. The highest BCUT2D eigenvalue weighted by Crippen LogP contribution is 2.32. The van der Waals surface area contributed by atoms with Gasteiger partial charge in [0, 0.05) is 17.5 Å². The van der Waals surface area contributed by atoms with Crippen LogP contribution in [0.1, 0.15) is 56.2 Å².